The summed E-state index contributed by atoms with van der Waals surface area (Å²) in [5.74, 6) is 2.20. The summed E-state index contributed by atoms with van der Waals surface area (Å²) in [4.78, 5) is 18.1. The molecule has 1 amide bonds. The average Bonchev–Trinajstić information content (AvgIpc) is 3.20. The van der Waals surface area contributed by atoms with Crippen molar-refractivity contribution < 1.29 is 9.21 Å². The van der Waals surface area contributed by atoms with E-state index in [4.69, 9.17) is 4.42 Å². The maximum Gasteiger partial charge on any atom is 0.222 e. The van der Waals surface area contributed by atoms with E-state index in [-0.39, 0.29) is 5.91 Å². The molecule has 5 heteroatoms. The van der Waals surface area contributed by atoms with E-state index in [1.54, 1.807) is 11.1 Å². The van der Waals surface area contributed by atoms with Crippen molar-refractivity contribution in [3.8, 4) is 11.6 Å². The molecule has 1 saturated heterocycles. The van der Waals surface area contributed by atoms with Crippen molar-refractivity contribution in [3.63, 3.8) is 0 Å². The topological polar surface area (TPSA) is 51.3 Å². The Morgan fingerprint density at radius 2 is 2.17 bits per heavy atom. The van der Waals surface area contributed by atoms with Crippen LogP contribution in [-0.2, 0) is 11.3 Å². The Morgan fingerprint density at radius 1 is 1.33 bits per heavy atom. The van der Waals surface area contributed by atoms with Crippen molar-refractivity contribution in [1.29, 1.82) is 0 Å². The van der Waals surface area contributed by atoms with E-state index in [2.05, 4.69) is 35.5 Å². The quantitative estimate of drug-likeness (QED) is 0.742. The largest absolute Gasteiger partial charge is 0.453 e. The van der Waals surface area contributed by atoms with E-state index in [1.807, 2.05) is 19.3 Å². The van der Waals surface area contributed by atoms with E-state index in [1.165, 1.54) is 5.56 Å². The van der Waals surface area contributed by atoms with E-state index >= 15 is 0 Å². The zero-order chi connectivity index (χ0) is 16.8. The van der Waals surface area contributed by atoms with Gasteiger partial charge in [0, 0.05) is 55.8 Å². The summed E-state index contributed by atoms with van der Waals surface area (Å²) < 4.78 is 8.19. The highest BCUT2D eigenvalue weighted by atomic mass is 16.3. The van der Waals surface area contributed by atoms with Gasteiger partial charge >= 0.3 is 0 Å². The normalized spacial score (nSPS) is 18.0. The van der Waals surface area contributed by atoms with Gasteiger partial charge in [-0.05, 0) is 26.0 Å². The van der Waals surface area contributed by atoms with Crippen LogP contribution in [0.25, 0.3) is 22.6 Å². The molecule has 3 heterocycles. The molecule has 0 aliphatic carbocycles. The summed E-state index contributed by atoms with van der Waals surface area (Å²) in [6.07, 6.45) is 4.37. The van der Waals surface area contributed by atoms with Gasteiger partial charge in [0.15, 0.2) is 11.6 Å². The molecule has 0 bridgehead atoms. The first kappa shape index (κ1) is 15.0. The molecule has 1 fully saturated rings. The lowest BCUT2D eigenvalue weighted by molar-refractivity contribution is -0.126. The summed E-state index contributed by atoms with van der Waals surface area (Å²) in [6.45, 7) is 5.74. The molecule has 1 atom stereocenters. The SMILES string of the molecule is Cc1ccc2oc(-c3nccn3CC3CC(=O)N(C)C3)c(C)c2c1. The standard InChI is InChI=1S/C19H21N3O2/c1-12-4-5-16-15(8-12)13(2)18(24-16)19-20-6-7-22(19)11-14-9-17(23)21(3)10-14/h4-8,14H,9-11H2,1-3H3. The minimum atomic E-state index is 0.219. The van der Waals surface area contributed by atoms with Crippen LogP contribution in [0.4, 0.5) is 0 Å². The summed E-state index contributed by atoms with van der Waals surface area (Å²) in [5, 5.41) is 1.13. The molecule has 3 aromatic rings. The average molecular weight is 323 g/mol. The molecule has 1 aliphatic rings. The number of benzene rings is 1. The predicted octanol–water partition coefficient (Wildman–Crippen LogP) is 3.39. The number of rotatable bonds is 3. The Labute approximate surface area is 140 Å². The number of furan rings is 1. The fourth-order valence-electron chi connectivity index (χ4n) is 3.57. The van der Waals surface area contributed by atoms with Crippen LogP contribution in [0.15, 0.2) is 35.0 Å². The Hall–Kier alpha value is -2.56. The van der Waals surface area contributed by atoms with Gasteiger partial charge in [-0.1, -0.05) is 11.6 Å². The first-order valence-corrected chi connectivity index (χ1v) is 8.28. The van der Waals surface area contributed by atoms with Crippen molar-refractivity contribution in [2.75, 3.05) is 13.6 Å². The van der Waals surface area contributed by atoms with Gasteiger partial charge in [-0.15, -0.1) is 0 Å². The van der Waals surface area contributed by atoms with Crippen LogP contribution in [0.5, 0.6) is 0 Å². The van der Waals surface area contributed by atoms with Gasteiger partial charge in [0.25, 0.3) is 0 Å². The van der Waals surface area contributed by atoms with E-state index < -0.39 is 0 Å². The van der Waals surface area contributed by atoms with Crippen LogP contribution in [-0.4, -0.2) is 34.0 Å². The van der Waals surface area contributed by atoms with Gasteiger partial charge in [0.1, 0.15) is 5.58 Å². The van der Waals surface area contributed by atoms with Crippen molar-refractivity contribution in [1.82, 2.24) is 14.5 Å². The third-order valence-electron chi connectivity index (χ3n) is 4.89. The maximum atomic E-state index is 11.8. The fourth-order valence-corrected chi connectivity index (χ4v) is 3.57. The lowest BCUT2D eigenvalue weighted by Crippen LogP contribution is -2.20. The van der Waals surface area contributed by atoms with Gasteiger partial charge in [0.05, 0.1) is 0 Å². The Bertz CT molecular complexity index is 922. The molecule has 5 nitrogen and oxygen atoms in total. The molecule has 4 rings (SSSR count). The van der Waals surface area contributed by atoms with Gasteiger partial charge in [-0.25, -0.2) is 4.98 Å². The fraction of sp³-hybridized carbons (Fsp3) is 0.368. The first-order chi connectivity index (χ1) is 11.5. The zero-order valence-electron chi connectivity index (χ0n) is 14.2. The van der Waals surface area contributed by atoms with Gasteiger partial charge in [-0.2, -0.15) is 0 Å². The highest BCUT2D eigenvalue weighted by molar-refractivity contribution is 5.87. The molecule has 124 valence electrons. The van der Waals surface area contributed by atoms with Crippen molar-refractivity contribution >= 4 is 16.9 Å². The zero-order valence-corrected chi connectivity index (χ0v) is 14.2. The summed E-state index contributed by atoms with van der Waals surface area (Å²) >= 11 is 0. The van der Waals surface area contributed by atoms with Crippen molar-refractivity contribution in [2.24, 2.45) is 5.92 Å². The highest BCUT2D eigenvalue weighted by Gasteiger charge is 2.28. The Kier molecular flexibility index (Phi) is 3.44. The Morgan fingerprint density at radius 3 is 2.92 bits per heavy atom. The molecular formula is C19H21N3O2. The van der Waals surface area contributed by atoms with E-state index in [9.17, 15) is 4.79 Å². The minimum absolute atomic E-state index is 0.219. The lowest BCUT2D eigenvalue weighted by atomic mass is 10.1. The van der Waals surface area contributed by atoms with Gasteiger partial charge in [-0.3, -0.25) is 4.79 Å². The van der Waals surface area contributed by atoms with Crippen LogP contribution in [0.3, 0.4) is 0 Å². The van der Waals surface area contributed by atoms with Crippen LogP contribution >= 0.6 is 0 Å². The summed E-state index contributed by atoms with van der Waals surface area (Å²) in [6, 6.07) is 6.22. The van der Waals surface area contributed by atoms with Crippen molar-refractivity contribution in [3.05, 3.63) is 41.7 Å². The summed E-state index contributed by atoms with van der Waals surface area (Å²) in [7, 11) is 1.86. The lowest BCUT2D eigenvalue weighted by Gasteiger charge is -2.12. The van der Waals surface area contributed by atoms with Crippen LogP contribution in [0, 0.1) is 19.8 Å². The maximum absolute atomic E-state index is 11.8. The number of imidazole rings is 1. The molecule has 1 unspecified atom stereocenters. The number of aryl methyl sites for hydroxylation is 2. The van der Waals surface area contributed by atoms with E-state index in [0.29, 0.717) is 12.3 Å². The molecule has 0 spiro atoms. The molecule has 0 radical (unpaired) electrons. The van der Waals surface area contributed by atoms with Gasteiger partial charge < -0.3 is 13.9 Å². The predicted molar refractivity (Wildman–Crippen MR) is 92.7 cm³/mol. The molecular weight excluding hydrogens is 302 g/mol. The Balaban J connectivity index is 1.70. The third-order valence-corrected chi connectivity index (χ3v) is 4.89. The molecule has 2 aromatic heterocycles. The second-order valence-electron chi connectivity index (χ2n) is 6.80. The van der Waals surface area contributed by atoms with Crippen LogP contribution in [0.1, 0.15) is 17.5 Å². The number of fused-ring (bicyclic) bond motifs is 1. The second kappa shape index (κ2) is 5.51. The number of aromatic nitrogens is 2. The van der Waals surface area contributed by atoms with Crippen molar-refractivity contribution in [2.45, 2.75) is 26.8 Å². The van der Waals surface area contributed by atoms with Gasteiger partial charge in [0.2, 0.25) is 5.91 Å². The van der Waals surface area contributed by atoms with Crippen LogP contribution in [0.2, 0.25) is 0 Å². The number of nitrogens with zero attached hydrogens (tertiary/aromatic N) is 3. The molecule has 1 aromatic carbocycles. The number of carbonyl (C=O) groups excluding carboxylic acids is 1. The molecule has 0 N–H and O–H groups in total. The molecule has 0 saturated carbocycles. The number of likely N-dealkylation sites (tertiary alicyclic amines) is 1. The minimum Gasteiger partial charge on any atom is -0.453 e. The van der Waals surface area contributed by atoms with Crippen LogP contribution < -0.4 is 0 Å². The summed E-state index contributed by atoms with van der Waals surface area (Å²) in [5.41, 5.74) is 3.22. The number of amides is 1. The number of carbonyl (C=O) groups is 1. The smallest absolute Gasteiger partial charge is 0.222 e. The monoisotopic (exact) mass is 323 g/mol. The molecule has 24 heavy (non-hydrogen) atoms. The number of hydrogen-bond donors (Lipinski definition) is 0. The highest BCUT2D eigenvalue weighted by Crippen LogP contribution is 2.33. The molecule has 1 aliphatic heterocycles. The second-order valence-corrected chi connectivity index (χ2v) is 6.80. The number of hydrogen-bond acceptors (Lipinski definition) is 3. The van der Waals surface area contributed by atoms with E-state index in [0.717, 1.165) is 41.2 Å². The third kappa shape index (κ3) is 2.40. The first-order valence-electron chi connectivity index (χ1n) is 8.28.